The summed E-state index contributed by atoms with van der Waals surface area (Å²) in [7, 11) is 0. The minimum atomic E-state index is 0.133. The molecule has 2 nitrogen and oxygen atoms in total. The van der Waals surface area contributed by atoms with Crippen molar-refractivity contribution in [3.8, 4) is 5.75 Å². The maximum absolute atomic E-state index is 6.31. The molecule has 0 saturated carbocycles. The maximum atomic E-state index is 6.31. The van der Waals surface area contributed by atoms with E-state index in [-0.39, 0.29) is 6.04 Å². The van der Waals surface area contributed by atoms with Gasteiger partial charge in [-0.2, -0.15) is 11.3 Å². The van der Waals surface area contributed by atoms with Crippen LogP contribution in [0.3, 0.4) is 0 Å². The van der Waals surface area contributed by atoms with Crippen LogP contribution in [0.5, 0.6) is 5.75 Å². The Morgan fingerprint density at radius 3 is 3.06 bits per heavy atom. The van der Waals surface area contributed by atoms with Gasteiger partial charge in [-0.3, -0.25) is 0 Å². The largest absolute Gasteiger partial charge is 0.493 e. The molecule has 1 aromatic carbocycles. The van der Waals surface area contributed by atoms with E-state index in [9.17, 15) is 0 Å². The molecule has 0 fully saturated rings. The molecule has 0 spiro atoms. The van der Waals surface area contributed by atoms with E-state index in [2.05, 4.69) is 29.0 Å². The highest BCUT2D eigenvalue weighted by Gasteiger charge is 2.28. The summed E-state index contributed by atoms with van der Waals surface area (Å²) in [4.78, 5) is 0. The normalized spacial score (nSPS) is 19.7. The van der Waals surface area contributed by atoms with Crippen molar-refractivity contribution in [2.75, 3.05) is 6.61 Å². The Balaban J connectivity index is 1.78. The Kier molecular flexibility index (Phi) is 2.87. The number of rotatable bonds is 3. The van der Waals surface area contributed by atoms with Crippen molar-refractivity contribution in [3.05, 3.63) is 52.2 Å². The lowest BCUT2D eigenvalue weighted by atomic mass is 9.90. The van der Waals surface area contributed by atoms with E-state index >= 15 is 0 Å². The number of hydrogen-bond donors (Lipinski definition) is 1. The van der Waals surface area contributed by atoms with E-state index in [0.717, 1.165) is 12.2 Å². The predicted molar refractivity (Wildman–Crippen MR) is 70.7 cm³/mol. The third-order valence-electron chi connectivity index (χ3n) is 3.31. The number of benzene rings is 1. The summed E-state index contributed by atoms with van der Waals surface area (Å²) in [5, 5.41) is 4.27. The third kappa shape index (κ3) is 2.08. The van der Waals surface area contributed by atoms with Gasteiger partial charge < -0.3 is 10.5 Å². The Bertz CT molecular complexity index is 495. The summed E-state index contributed by atoms with van der Waals surface area (Å²) in [5.74, 6) is 1.32. The van der Waals surface area contributed by atoms with Crippen LogP contribution >= 0.6 is 11.3 Å². The summed E-state index contributed by atoms with van der Waals surface area (Å²) in [6, 6.07) is 10.5. The molecular weight excluding hydrogens is 230 g/mol. The molecule has 2 unspecified atom stereocenters. The Labute approximate surface area is 105 Å². The fourth-order valence-electron chi connectivity index (χ4n) is 2.37. The molecular formula is C14H15NOS. The minimum absolute atomic E-state index is 0.133. The van der Waals surface area contributed by atoms with Crippen LogP contribution in [0.15, 0.2) is 41.1 Å². The van der Waals surface area contributed by atoms with E-state index in [1.807, 2.05) is 12.1 Å². The van der Waals surface area contributed by atoms with Gasteiger partial charge in [0.05, 0.1) is 6.61 Å². The van der Waals surface area contributed by atoms with Crippen LogP contribution in [-0.2, 0) is 6.42 Å². The van der Waals surface area contributed by atoms with Crippen molar-refractivity contribution < 1.29 is 4.74 Å². The molecule has 3 heteroatoms. The van der Waals surface area contributed by atoms with Crippen molar-refractivity contribution in [3.63, 3.8) is 0 Å². The number of para-hydroxylation sites is 1. The summed E-state index contributed by atoms with van der Waals surface area (Å²) >= 11 is 1.72. The van der Waals surface area contributed by atoms with Crippen molar-refractivity contribution in [2.24, 2.45) is 5.73 Å². The molecule has 2 aromatic rings. The van der Waals surface area contributed by atoms with Gasteiger partial charge in [0.25, 0.3) is 0 Å². The second-order valence-corrected chi connectivity index (χ2v) is 5.23. The predicted octanol–water partition coefficient (Wildman–Crippen LogP) is 2.79. The standard InChI is InChI=1S/C14H15NOS/c15-13(7-10-5-6-17-9-10)12-8-16-14-4-2-1-3-11(12)14/h1-6,9,12-13H,7-8,15H2. The SMILES string of the molecule is NC(Cc1ccsc1)C1COc2ccccc21. The summed E-state index contributed by atoms with van der Waals surface area (Å²) < 4.78 is 5.67. The van der Waals surface area contributed by atoms with Crippen LogP contribution in [0.25, 0.3) is 0 Å². The number of thiophene rings is 1. The van der Waals surface area contributed by atoms with E-state index in [0.29, 0.717) is 12.5 Å². The van der Waals surface area contributed by atoms with Crippen molar-refractivity contribution in [1.82, 2.24) is 0 Å². The maximum Gasteiger partial charge on any atom is 0.122 e. The average molecular weight is 245 g/mol. The van der Waals surface area contributed by atoms with Gasteiger partial charge >= 0.3 is 0 Å². The lowest BCUT2D eigenvalue weighted by Gasteiger charge is -2.17. The molecule has 0 radical (unpaired) electrons. The van der Waals surface area contributed by atoms with Crippen LogP contribution in [0.2, 0.25) is 0 Å². The zero-order chi connectivity index (χ0) is 11.7. The summed E-state index contributed by atoms with van der Waals surface area (Å²) in [6.07, 6.45) is 0.922. The summed E-state index contributed by atoms with van der Waals surface area (Å²) in [5.41, 5.74) is 8.89. The Morgan fingerprint density at radius 1 is 1.35 bits per heavy atom. The van der Waals surface area contributed by atoms with Gasteiger partial charge in [0.15, 0.2) is 0 Å². The third-order valence-corrected chi connectivity index (χ3v) is 4.04. The molecule has 0 aliphatic carbocycles. The highest BCUT2D eigenvalue weighted by atomic mass is 32.1. The first-order chi connectivity index (χ1) is 8.34. The second kappa shape index (κ2) is 4.51. The Morgan fingerprint density at radius 2 is 2.24 bits per heavy atom. The van der Waals surface area contributed by atoms with Gasteiger partial charge in [-0.1, -0.05) is 18.2 Å². The molecule has 2 atom stereocenters. The molecule has 0 saturated heterocycles. The molecule has 0 bridgehead atoms. The highest BCUT2D eigenvalue weighted by molar-refractivity contribution is 7.07. The van der Waals surface area contributed by atoms with Crippen molar-refractivity contribution >= 4 is 11.3 Å². The minimum Gasteiger partial charge on any atom is -0.493 e. The molecule has 2 heterocycles. The molecule has 17 heavy (non-hydrogen) atoms. The number of nitrogens with two attached hydrogens (primary N) is 1. The Hall–Kier alpha value is -1.32. The monoisotopic (exact) mass is 245 g/mol. The first kappa shape index (κ1) is 10.8. The topological polar surface area (TPSA) is 35.2 Å². The number of ether oxygens (including phenoxy) is 1. The lowest BCUT2D eigenvalue weighted by molar-refractivity contribution is 0.313. The molecule has 2 N–H and O–H groups in total. The zero-order valence-corrected chi connectivity index (χ0v) is 10.3. The molecule has 1 aromatic heterocycles. The fraction of sp³-hybridized carbons (Fsp3) is 0.286. The van der Waals surface area contributed by atoms with Gasteiger partial charge in [-0.05, 0) is 34.9 Å². The molecule has 3 rings (SSSR count). The van der Waals surface area contributed by atoms with Gasteiger partial charge in [-0.25, -0.2) is 0 Å². The van der Waals surface area contributed by atoms with E-state index in [4.69, 9.17) is 10.5 Å². The molecule has 1 aliphatic rings. The fourth-order valence-corrected chi connectivity index (χ4v) is 3.05. The quantitative estimate of drug-likeness (QED) is 0.902. The van der Waals surface area contributed by atoms with E-state index in [1.165, 1.54) is 11.1 Å². The lowest BCUT2D eigenvalue weighted by Crippen LogP contribution is -2.31. The van der Waals surface area contributed by atoms with E-state index in [1.54, 1.807) is 11.3 Å². The van der Waals surface area contributed by atoms with Crippen LogP contribution in [0.1, 0.15) is 17.0 Å². The molecule has 88 valence electrons. The highest BCUT2D eigenvalue weighted by Crippen LogP contribution is 2.35. The van der Waals surface area contributed by atoms with Gasteiger partial charge in [-0.15, -0.1) is 0 Å². The van der Waals surface area contributed by atoms with Crippen molar-refractivity contribution in [2.45, 2.75) is 18.4 Å². The van der Waals surface area contributed by atoms with Crippen LogP contribution in [0.4, 0.5) is 0 Å². The first-order valence-corrected chi connectivity index (χ1v) is 6.77. The van der Waals surface area contributed by atoms with Gasteiger partial charge in [0, 0.05) is 17.5 Å². The average Bonchev–Trinajstić information content (AvgIpc) is 2.96. The van der Waals surface area contributed by atoms with E-state index < -0.39 is 0 Å². The smallest absolute Gasteiger partial charge is 0.122 e. The number of fused-ring (bicyclic) bond motifs is 1. The van der Waals surface area contributed by atoms with Crippen LogP contribution in [-0.4, -0.2) is 12.6 Å². The molecule has 1 aliphatic heterocycles. The van der Waals surface area contributed by atoms with Crippen LogP contribution in [0, 0.1) is 0 Å². The van der Waals surface area contributed by atoms with Crippen molar-refractivity contribution in [1.29, 1.82) is 0 Å². The molecule has 0 amide bonds. The first-order valence-electron chi connectivity index (χ1n) is 5.83. The zero-order valence-electron chi connectivity index (χ0n) is 9.50. The van der Waals surface area contributed by atoms with Crippen LogP contribution < -0.4 is 10.5 Å². The second-order valence-electron chi connectivity index (χ2n) is 4.45. The van der Waals surface area contributed by atoms with Gasteiger partial charge in [0.1, 0.15) is 5.75 Å². The number of hydrogen-bond acceptors (Lipinski definition) is 3. The van der Waals surface area contributed by atoms with Gasteiger partial charge in [0.2, 0.25) is 0 Å². The summed E-state index contributed by atoms with van der Waals surface area (Å²) in [6.45, 7) is 0.713.